The fourth-order valence-electron chi connectivity index (χ4n) is 14.5. The summed E-state index contributed by atoms with van der Waals surface area (Å²) in [5, 5.41) is 4.33. The fraction of sp³-hybridized carbons (Fsp3) is 0.0118. The molecule has 0 saturated carbocycles. The molecular weight excluding hydrogens is 1210 g/mol. The first kappa shape index (κ1) is 55.0. The molecule has 1 spiro atoms. The van der Waals surface area contributed by atoms with Crippen LogP contribution in [-0.2, 0) is 5.41 Å². The number of hydrogen-bond acceptors (Lipinski definition) is 6. The van der Waals surface area contributed by atoms with Crippen LogP contribution in [0.4, 0.5) is 34.1 Å². The first-order valence-corrected chi connectivity index (χ1v) is 34.7. The Hall–Kier alpha value is -10.8. The highest BCUT2D eigenvalue weighted by Gasteiger charge is 2.53. The Morgan fingerprint density at radius 1 is 0.237 bits per heavy atom. The van der Waals surface area contributed by atoms with E-state index in [9.17, 15) is 0 Å². The lowest BCUT2D eigenvalue weighted by atomic mass is 9.70. The maximum atomic E-state index is 2.56. The van der Waals surface area contributed by atoms with E-state index in [4.69, 9.17) is 0 Å². The average molecular weight is 1260 g/mol. The maximum absolute atomic E-state index is 2.56. The molecule has 0 aliphatic heterocycles. The number of benzene rings is 10. The van der Waals surface area contributed by atoms with Crippen LogP contribution in [0.15, 0.2) is 338 Å². The van der Waals surface area contributed by atoms with E-state index in [0.717, 1.165) is 45.5 Å². The summed E-state index contributed by atoms with van der Waals surface area (Å²) >= 11 is 7.28. The SMILES string of the molecule is c1ccc(N(c2ccccc2)c2ccc3c(c2)C2(c4cc(-c5ccc(-c6ccc(-c7cccs7)n6-c6ccccc6)s5)ccc4-c4ccc(-c5ccc(-c6ccc(-c7cccs7)n6-c6ccccc6)s5)cc42)c2cc(N(c4ccccc4)c4ccccc4)ccc2-3)cc1. The molecule has 0 fully saturated rings. The zero-order valence-corrected chi connectivity index (χ0v) is 53.5. The number of rotatable bonds is 14. The van der Waals surface area contributed by atoms with Gasteiger partial charge in [0.05, 0.1) is 47.7 Å². The second-order valence-corrected chi connectivity index (χ2v) is 27.6. The van der Waals surface area contributed by atoms with E-state index in [1.807, 2.05) is 22.7 Å². The van der Waals surface area contributed by atoms with Crippen molar-refractivity contribution < 1.29 is 0 Å². The van der Waals surface area contributed by atoms with Gasteiger partial charge in [-0.15, -0.1) is 45.3 Å². The first-order valence-electron chi connectivity index (χ1n) is 31.3. The summed E-state index contributed by atoms with van der Waals surface area (Å²) in [6, 6.07) is 121. The van der Waals surface area contributed by atoms with Crippen LogP contribution in [0.3, 0.4) is 0 Å². The number of nitrogens with zero attached hydrogens (tertiary/aromatic N) is 4. The van der Waals surface area contributed by atoms with E-state index in [-0.39, 0.29) is 0 Å². The van der Waals surface area contributed by atoms with Crippen molar-refractivity contribution in [3.8, 4) is 96.8 Å². The lowest BCUT2D eigenvalue weighted by Crippen LogP contribution is -2.27. The van der Waals surface area contributed by atoms with Gasteiger partial charge in [-0.3, -0.25) is 0 Å². The van der Waals surface area contributed by atoms with Crippen molar-refractivity contribution in [2.75, 3.05) is 9.80 Å². The minimum absolute atomic E-state index is 0.791. The van der Waals surface area contributed by atoms with Crippen LogP contribution in [0.1, 0.15) is 22.3 Å². The maximum Gasteiger partial charge on any atom is 0.0727 e. The summed E-state index contributed by atoms with van der Waals surface area (Å²) in [4.78, 5) is 12.2. The third kappa shape index (κ3) is 9.20. The molecule has 6 heterocycles. The van der Waals surface area contributed by atoms with E-state index < -0.39 is 5.41 Å². The minimum atomic E-state index is -0.791. The topological polar surface area (TPSA) is 16.3 Å². The standard InChI is InChI=1S/C85H56N4S4/c1-7-21-59(22-8-1)86(60-23-9-2-10-24-60)65-37-41-69-70-42-38-66(87(61-25-11-3-12-26-61)62-27-13-4-14-28-62)56-74(70)85(73(69)55-65)71-53-57(79-47-49-83(92-79)77-45-43-75(81-33-19-51-90-81)88(77)63-29-15-5-16-30-63)35-39-67(71)68-40-36-58(54-72(68)85)80-48-50-84(93-80)78-46-44-76(82-34-20-52-91-82)89(78)64-31-17-6-18-32-64/h1-56H. The van der Waals surface area contributed by atoms with E-state index in [2.05, 4.69) is 357 Å². The van der Waals surface area contributed by atoms with E-state index in [0.29, 0.717) is 0 Å². The molecule has 0 unspecified atom stereocenters. The summed E-state index contributed by atoms with van der Waals surface area (Å²) < 4.78 is 4.86. The zero-order valence-electron chi connectivity index (χ0n) is 50.3. The van der Waals surface area contributed by atoms with E-state index >= 15 is 0 Å². The Morgan fingerprint density at radius 2 is 0.548 bits per heavy atom. The number of fused-ring (bicyclic) bond motifs is 10. The average Bonchev–Trinajstić information content (AvgIpc) is 1.51. The Bertz CT molecular complexity index is 4960. The van der Waals surface area contributed by atoms with Crippen molar-refractivity contribution in [2.24, 2.45) is 0 Å². The molecule has 0 amide bonds. The predicted molar refractivity (Wildman–Crippen MR) is 395 cm³/mol. The van der Waals surface area contributed by atoms with Gasteiger partial charge in [0.1, 0.15) is 0 Å². The van der Waals surface area contributed by atoms with Crippen molar-refractivity contribution in [1.82, 2.24) is 9.13 Å². The summed E-state index contributed by atoms with van der Waals surface area (Å²) in [7, 11) is 0. The van der Waals surface area contributed by atoms with Crippen LogP contribution in [0.2, 0.25) is 0 Å². The third-order valence-corrected chi connectivity index (χ3v) is 22.5. The summed E-state index contributed by atoms with van der Waals surface area (Å²) in [6.45, 7) is 0. The second kappa shape index (κ2) is 22.8. The first-order chi connectivity index (χ1) is 46.1. The van der Waals surface area contributed by atoms with Crippen LogP contribution in [0, 0.1) is 0 Å². The molecule has 18 rings (SSSR count). The third-order valence-electron chi connectivity index (χ3n) is 18.4. The minimum Gasteiger partial charge on any atom is -0.310 e. The lowest BCUT2D eigenvalue weighted by molar-refractivity contribution is 0.794. The molecule has 0 bridgehead atoms. The Labute approximate surface area is 557 Å². The largest absolute Gasteiger partial charge is 0.310 e. The molecule has 4 nitrogen and oxygen atoms in total. The molecule has 8 heteroatoms. The van der Waals surface area contributed by atoms with Gasteiger partial charge in [0.25, 0.3) is 0 Å². The summed E-state index contributed by atoms with van der Waals surface area (Å²) in [6.07, 6.45) is 0. The molecule has 10 aromatic carbocycles. The molecule has 0 radical (unpaired) electrons. The summed E-state index contributed by atoms with van der Waals surface area (Å²) in [5.74, 6) is 0. The fourth-order valence-corrected chi connectivity index (χ4v) is 18.0. The highest BCUT2D eigenvalue weighted by atomic mass is 32.1. The Morgan fingerprint density at radius 3 is 0.892 bits per heavy atom. The Balaban J connectivity index is 0.874. The quantitative estimate of drug-likeness (QED) is 0.108. The molecule has 2 aliphatic carbocycles. The van der Waals surface area contributed by atoms with Crippen molar-refractivity contribution in [1.29, 1.82) is 0 Å². The van der Waals surface area contributed by atoms with Crippen molar-refractivity contribution in [2.45, 2.75) is 5.41 Å². The zero-order chi connectivity index (χ0) is 61.4. The van der Waals surface area contributed by atoms with Crippen LogP contribution in [0.25, 0.3) is 96.8 Å². The number of aromatic nitrogens is 2. The van der Waals surface area contributed by atoms with E-state index in [1.165, 1.54) is 108 Å². The monoisotopic (exact) mass is 1260 g/mol. The smallest absolute Gasteiger partial charge is 0.0727 e. The van der Waals surface area contributed by atoms with Gasteiger partial charge in [-0.05, 0) is 236 Å². The van der Waals surface area contributed by atoms with Gasteiger partial charge in [0, 0.05) is 55.3 Å². The molecule has 93 heavy (non-hydrogen) atoms. The molecule has 6 aromatic heterocycles. The molecule has 0 N–H and O–H groups in total. The molecular formula is C85H56N4S4. The van der Waals surface area contributed by atoms with Crippen LogP contribution >= 0.6 is 45.3 Å². The Kier molecular flexibility index (Phi) is 13.5. The molecule has 2 aliphatic rings. The van der Waals surface area contributed by atoms with Gasteiger partial charge in [0.15, 0.2) is 0 Å². The van der Waals surface area contributed by atoms with Crippen LogP contribution in [-0.4, -0.2) is 9.13 Å². The number of thiophene rings is 4. The van der Waals surface area contributed by atoms with Crippen LogP contribution < -0.4 is 9.80 Å². The molecule has 0 saturated heterocycles. The highest BCUT2D eigenvalue weighted by Crippen LogP contribution is 2.65. The number of para-hydroxylation sites is 6. The second-order valence-electron chi connectivity index (χ2n) is 23.6. The van der Waals surface area contributed by atoms with Crippen molar-refractivity contribution >= 4 is 79.5 Å². The van der Waals surface area contributed by atoms with Crippen LogP contribution in [0.5, 0.6) is 0 Å². The van der Waals surface area contributed by atoms with E-state index in [1.54, 1.807) is 22.7 Å². The molecule has 440 valence electrons. The van der Waals surface area contributed by atoms with Gasteiger partial charge in [-0.25, -0.2) is 0 Å². The number of hydrogen-bond donors (Lipinski definition) is 0. The summed E-state index contributed by atoms with van der Waals surface area (Å²) in [5.41, 5.74) is 25.2. The van der Waals surface area contributed by atoms with Gasteiger partial charge in [0.2, 0.25) is 0 Å². The molecule has 16 aromatic rings. The van der Waals surface area contributed by atoms with Gasteiger partial charge in [-0.1, -0.05) is 158 Å². The van der Waals surface area contributed by atoms with Crippen molar-refractivity contribution in [3.05, 3.63) is 361 Å². The lowest BCUT2D eigenvalue weighted by Gasteiger charge is -2.33. The van der Waals surface area contributed by atoms with Gasteiger partial charge >= 0.3 is 0 Å². The normalized spacial score (nSPS) is 12.4. The van der Waals surface area contributed by atoms with Gasteiger partial charge < -0.3 is 18.9 Å². The predicted octanol–water partition coefficient (Wildman–Crippen LogP) is 24.8. The molecule has 0 atom stereocenters. The van der Waals surface area contributed by atoms with Crippen molar-refractivity contribution in [3.63, 3.8) is 0 Å². The number of anilines is 6. The van der Waals surface area contributed by atoms with Gasteiger partial charge in [-0.2, -0.15) is 0 Å². The highest BCUT2D eigenvalue weighted by molar-refractivity contribution is 7.19.